The maximum absolute atomic E-state index is 10.1. The maximum Gasteiger partial charge on any atom is 0.308 e. The van der Waals surface area contributed by atoms with Crippen molar-refractivity contribution in [3.8, 4) is 0 Å². The molecule has 0 saturated heterocycles. The standard InChI is InChI=1S/C6H6O2S.C4H9.O.Sn.H/c7-6(8)4-5-2-1-3-9-5;1-3-4-2;;;/h1-3H,4H2,(H,7,8);1,3-4H2,2H3;;;. The number of carboxylic acids is 1. The zero-order valence-corrected chi connectivity index (χ0v) is 12.9. The van der Waals surface area contributed by atoms with Crippen LogP contribution in [-0.4, -0.2) is 32.2 Å². The molecule has 5 heteroatoms. The van der Waals surface area contributed by atoms with E-state index in [0.717, 1.165) is 9.31 Å². The molecule has 0 radical (unpaired) electrons. The van der Waals surface area contributed by atoms with E-state index in [9.17, 15) is 7.87 Å². The summed E-state index contributed by atoms with van der Waals surface area (Å²) in [6.07, 6.45) is 2.54. The van der Waals surface area contributed by atoms with Crippen LogP contribution in [0.4, 0.5) is 0 Å². The molecule has 3 nitrogen and oxygen atoms in total. The second-order valence-electron chi connectivity index (χ2n) is 2.96. The van der Waals surface area contributed by atoms with E-state index in [1.54, 1.807) is 0 Å². The fourth-order valence-corrected chi connectivity index (χ4v) is 3.19. The average Bonchev–Trinajstić information content (AvgIpc) is 2.67. The van der Waals surface area contributed by atoms with E-state index >= 15 is 0 Å². The first-order valence-corrected chi connectivity index (χ1v) is 9.44. The molecule has 0 aliphatic heterocycles. The molecule has 84 valence electrons. The third kappa shape index (κ3) is 10.1. The van der Waals surface area contributed by atoms with Gasteiger partial charge in [-0.3, -0.25) is 4.79 Å². The van der Waals surface area contributed by atoms with Gasteiger partial charge in [0.2, 0.25) is 0 Å². The number of aliphatic carboxylic acids is 1. The number of rotatable bonds is 5. The molecule has 1 heterocycles. The number of carboxylic acid groups (broad SMARTS) is 1. The zero-order valence-electron chi connectivity index (χ0n) is 8.81. The van der Waals surface area contributed by atoms with Crippen molar-refractivity contribution >= 4 is 38.4 Å². The number of hydrogen-bond acceptors (Lipinski definition) is 3. The number of unbranched alkanes of at least 4 members (excludes halogenated alkanes) is 1. The fourth-order valence-electron chi connectivity index (χ4n) is 0.850. The van der Waals surface area contributed by atoms with Gasteiger partial charge in [0.05, 0.1) is 6.42 Å². The van der Waals surface area contributed by atoms with Crippen molar-refractivity contribution in [1.82, 2.24) is 0 Å². The van der Waals surface area contributed by atoms with Crippen LogP contribution in [0, 0.1) is 0 Å². The molecule has 0 aromatic carbocycles. The quantitative estimate of drug-likeness (QED) is 0.664. The van der Waals surface area contributed by atoms with Gasteiger partial charge in [0.1, 0.15) is 0 Å². The Morgan fingerprint density at radius 2 is 2.33 bits per heavy atom. The van der Waals surface area contributed by atoms with E-state index in [1.165, 1.54) is 24.2 Å². The third-order valence-corrected chi connectivity index (χ3v) is 4.30. The Morgan fingerprint density at radius 3 is 2.67 bits per heavy atom. The first kappa shape index (κ1) is 14.8. The van der Waals surface area contributed by atoms with Crippen molar-refractivity contribution in [2.45, 2.75) is 30.6 Å². The predicted octanol–water partition coefficient (Wildman–Crippen LogP) is 2.36. The summed E-state index contributed by atoms with van der Waals surface area (Å²) < 4.78 is 10.9. The van der Waals surface area contributed by atoms with Crippen LogP contribution in [0.1, 0.15) is 24.6 Å². The van der Waals surface area contributed by atoms with Gasteiger partial charge in [-0.15, -0.1) is 11.3 Å². The molecule has 0 aliphatic carbocycles. The monoisotopic (exact) mass is 336 g/mol. The van der Waals surface area contributed by atoms with Crippen molar-refractivity contribution in [3.63, 3.8) is 0 Å². The Morgan fingerprint density at radius 1 is 1.60 bits per heavy atom. The van der Waals surface area contributed by atoms with Crippen LogP contribution in [0.25, 0.3) is 0 Å². The van der Waals surface area contributed by atoms with Gasteiger partial charge in [-0.1, -0.05) is 6.07 Å². The van der Waals surface area contributed by atoms with Crippen LogP contribution in [-0.2, 0) is 14.3 Å². The molecule has 1 aromatic heterocycles. The van der Waals surface area contributed by atoms with E-state index in [2.05, 4.69) is 6.92 Å². The molecule has 0 fully saturated rings. The van der Waals surface area contributed by atoms with Crippen molar-refractivity contribution in [2.24, 2.45) is 0 Å². The summed E-state index contributed by atoms with van der Waals surface area (Å²) in [5.41, 5.74) is 0. The molecule has 0 amide bonds. The summed E-state index contributed by atoms with van der Waals surface area (Å²) in [6.45, 7) is 2.12. The molecule has 0 unspecified atom stereocenters. The Kier molecular flexibility index (Phi) is 10.1. The molecule has 0 spiro atoms. The topological polar surface area (TPSA) is 54.4 Å². The largest absolute Gasteiger partial charge is 0.481 e. The van der Waals surface area contributed by atoms with Crippen LogP contribution in [0.5, 0.6) is 0 Å². The van der Waals surface area contributed by atoms with E-state index in [1.807, 2.05) is 17.5 Å². The second kappa shape index (κ2) is 10.3. The van der Waals surface area contributed by atoms with E-state index in [0.29, 0.717) is 0 Å². The summed E-state index contributed by atoms with van der Waals surface area (Å²) in [5.74, 6) is -0.766. The Bertz CT molecular complexity index is 272. The number of carbonyl (C=O) groups is 1. The Hall–Kier alpha value is -0.231. The van der Waals surface area contributed by atoms with Crippen LogP contribution in [0.15, 0.2) is 17.5 Å². The van der Waals surface area contributed by atoms with Gasteiger partial charge < -0.3 is 5.11 Å². The molecule has 1 aromatic rings. The van der Waals surface area contributed by atoms with E-state index in [-0.39, 0.29) is 6.42 Å². The minimum atomic E-state index is -1.20. The summed E-state index contributed by atoms with van der Waals surface area (Å²) in [4.78, 5) is 11.0. The summed E-state index contributed by atoms with van der Waals surface area (Å²) in [6, 6.07) is 3.67. The Balaban J connectivity index is 0.000000288. The SMILES string of the molecule is CCC[CH2][SnH]=[O].O=C(O)Cc1cccs1. The Labute approximate surface area is 104 Å². The van der Waals surface area contributed by atoms with Crippen LogP contribution >= 0.6 is 11.3 Å². The average molecular weight is 335 g/mol. The molecule has 0 atom stereocenters. The van der Waals surface area contributed by atoms with Crippen molar-refractivity contribution in [3.05, 3.63) is 22.4 Å². The smallest absolute Gasteiger partial charge is 0.308 e. The van der Waals surface area contributed by atoms with Gasteiger partial charge in [-0.25, -0.2) is 0 Å². The molecule has 1 N–H and O–H groups in total. The molecule has 0 aliphatic rings. The molecule has 15 heavy (non-hydrogen) atoms. The first-order valence-electron chi connectivity index (χ1n) is 4.88. The van der Waals surface area contributed by atoms with Crippen molar-refractivity contribution in [1.29, 1.82) is 0 Å². The minimum Gasteiger partial charge on any atom is -0.481 e. The number of hydrogen-bond donors (Lipinski definition) is 1. The van der Waals surface area contributed by atoms with Gasteiger partial charge in [-0.2, -0.15) is 0 Å². The van der Waals surface area contributed by atoms with Gasteiger partial charge in [-0.05, 0) is 11.4 Å². The van der Waals surface area contributed by atoms with Crippen molar-refractivity contribution < 1.29 is 13.0 Å². The third-order valence-electron chi connectivity index (χ3n) is 1.58. The second-order valence-corrected chi connectivity index (χ2v) is 6.59. The minimum absolute atomic E-state index is 0.150. The molecule has 0 saturated carbocycles. The maximum atomic E-state index is 10.1. The normalized spacial score (nSPS) is 8.87. The summed E-state index contributed by atoms with van der Waals surface area (Å²) in [7, 11) is 0. The first-order chi connectivity index (χ1) is 7.20. The van der Waals surface area contributed by atoms with Crippen molar-refractivity contribution in [2.75, 3.05) is 0 Å². The van der Waals surface area contributed by atoms with Crippen LogP contribution in [0.2, 0.25) is 4.44 Å². The molecule has 1 rings (SSSR count). The fraction of sp³-hybridized carbons (Fsp3) is 0.500. The predicted molar refractivity (Wildman–Crippen MR) is 63.2 cm³/mol. The van der Waals surface area contributed by atoms with E-state index < -0.39 is 27.1 Å². The zero-order chi connectivity index (χ0) is 11.5. The summed E-state index contributed by atoms with van der Waals surface area (Å²) >= 11 is 0.273. The van der Waals surface area contributed by atoms with Crippen LogP contribution in [0.3, 0.4) is 0 Å². The molecule has 0 bridgehead atoms. The van der Waals surface area contributed by atoms with Crippen LogP contribution < -0.4 is 0 Å². The van der Waals surface area contributed by atoms with Gasteiger partial charge in [0, 0.05) is 4.88 Å². The van der Waals surface area contributed by atoms with E-state index in [4.69, 9.17) is 5.11 Å². The number of thiophene rings is 1. The van der Waals surface area contributed by atoms with Gasteiger partial charge in [0.15, 0.2) is 0 Å². The van der Waals surface area contributed by atoms with Gasteiger partial charge in [0.25, 0.3) is 0 Å². The van der Waals surface area contributed by atoms with Gasteiger partial charge >= 0.3 is 54.4 Å². The molecular weight excluding hydrogens is 319 g/mol. The summed E-state index contributed by atoms with van der Waals surface area (Å²) in [5, 5.41) is 10.2. The molecular formula is C10H16O3SSn.